The predicted octanol–water partition coefficient (Wildman–Crippen LogP) is 4.69. The number of hydrogen-bond acceptors (Lipinski definition) is 5. The molecule has 4 rings (SSSR count). The van der Waals surface area contributed by atoms with Crippen LogP contribution in [0, 0.1) is 0 Å². The molecular weight excluding hydrogens is 394 g/mol. The number of nitrogens with zero attached hydrogens (tertiary/aromatic N) is 1. The molecule has 3 aromatic carbocycles. The molecule has 4 aromatic rings. The highest BCUT2D eigenvalue weighted by atomic mass is 16.5. The van der Waals surface area contributed by atoms with Gasteiger partial charge < -0.3 is 18.9 Å². The summed E-state index contributed by atoms with van der Waals surface area (Å²) in [4.78, 5) is 13.4. The Morgan fingerprint density at radius 1 is 0.710 bits per heavy atom. The fourth-order valence-electron chi connectivity index (χ4n) is 3.81. The molecule has 0 N–H and O–H groups in total. The molecule has 0 saturated heterocycles. The van der Waals surface area contributed by atoms with Gasteiger partial charge in [0.1, 0.15) is 5.75 Å². The van der Waals surface area contributed by atoms with E-state index in [-0.39, 0.29) is 5.56 Å². The molecule has 158 valence electrons. The van der Waals surface area contributed by atoms with Crippen LogP contribution in [0.15, 0.2) is 71.5 Å². The summed E-state index contributed by atoms with van der Waals surface area (Å²) in [5.41, 5.74) is 2.10. The molecule has 0 aliphatic heterocycles. The first-order chi connectivity index (χ1) is 15.1. The molecular formula is C25H23NO5. The van der Waals surface area contributed by atoms with Crippen molar-refractivity contribution in [3.8, 4) is 39.9 Å². The average Bonchev–Trinajstić information content (AvgIpc) is 2.82. The van der Waals surface area contributed by atoms with Gasteiger partial charge in [-0.1, -0.05) is 30.3 Å². The van der Waals surface area contributed by atoms with E-state index in [0.29, 0.717) is 39.8 Å². The molecule has 1 heterocycles. The van der Waals surface area contributed by atoms with Crippen LogP contribution in [0.5, 0.6) is 23.0 Å². The summed E-state index contributed by atoms with van der Waals surface area (Å²) in [6.45, 7) is 0. The minimum Gasteiger partial charge on any atom is -0.497 e. The van der Waals surface area contributed by atoms with Crippen LogP contribution >= 0.6 is 0 Å². The van der Waals surface area contributed by atoms with E-state index in [1.165, 1.54) is 0 Å². The molecule has 0 amide bonds. The number of aromatic nitrogens is 1. The fraction of sp³-hybridized carbons (Fsp3) is 0.160. The van der Waals surface area contributed by atoms with Crippen LogP contribution in [0.2, 0.25) is 0 Å². The lowest BCUT2D eigenvalue weighted by molar-refractivity contribution is 0.327. The predicted molar refractivity (Wildman–Crippen MR) is 121 cm³/mol. The van der Waals surface area contributed by atoms with Crippen LogP contribution in [-0.4, -0.2) is 33.0 Å². The number of benzene rings is 3. The second kappa shape index (κ2) is 8.44. The van der Waals surface area contributed by atoms with E-state index in [9.17, 15) is 4.79 Å². The van der Waals surface area contributed by atoms with Crippen molar-refractivity contribution >= 4 is 10.8 Å². The first-order valence-corrected chi connectivity index (χ1v) is 9.71. The molecule has 6 nitrogen and oxygen atoms in total. The van der Waals surface area contributed by atoms with Crippen molar-refractivity contribution in [1.29, 1.82) is 0 Å². The monoisotopic (exact) mass is 417 g/mol. The lowest BCUT2D eigenvalue weighted by Gasteiger charge is -2.21. The number of rotatable bonds is 6. The van der Waals surface area contributed by atoms with Crippen LogP contribution in [0.3, 0.4) is 0 Å². The second-order valence-corrected chi connectivity index (χ2v) is 6.84. The molecule has 0 bridgehead atoms. The highest BCUT2D eigenvalue weighted by molar-refractivity contribution is 6.02. The minimum absolute atomic E-state index is 0.175. The number of ether oxygens (including phenoxy) is 4. The van der Waals surface area contributed by atoms with Crippen molar-refractivity contribution in [3.05, 3.63) is 77.1 Å². The van der Waals surface area contributed by atoms with Crippen molar-refractivity contribution in [3.63, 3.8) is 0 Å². The van der Waals surface area contributed by atoms with Crippen molar-refractivity contribution in [1.82, 2.24) is 4.57 Å². The van der Waals surface area contributed by atoms with Gasteiger partial charge in [0.05, 0.1) is 39.5 Å². The van der Waals surface area contributed by atoms with Gasteiger partial charge in [-0.2, -0.15) is 0 Å². The van der Waals surface area contributed by atoms with E-state index in [2.05, 4.69) is 0 Å². The Morgan fingerprint density at radius 2 is 1.39 bits per heavy atom. The van der Waals surface area contributed by atoms with Gasteiger partial charge in [-0.25, -0.2) is 0 Å². The van der Waals surface area contributed by atoms with Crippen molar-refractivity contribution < 1.29 is 18.9 Å². The van der Waals surface area contributed by atoms with E-state index in [0.717, 1.165) is 10.9 Å². The van der Waals surface area contributed by atoms with Crippen LogP contribution in [0.4, 0.5) is 0 Å². The third kappa shape index (κ3) is 3.46. The minimum atomic E-state index is -0.175. The number of pyridine rings is 1. The van der Waals surface area contributed by atoms with Gasteiger partial charge in [0, 0.05) is 11.8 Å². The molecule has 0 aliphatic rings. The lowest BCUT2D eigenvalue weighted by Crippen LogP contribution is -2.20. The van der Waals surface area contributed by atoms with E-state index in [1.807, 2.05) is 54.6 Å². The number of hydrogen-bond donors (Lipinski definition) is 0. The third-order valence-electron chi connectivity index (χ3n) is 5.20. The maximum absolute atomic E-state index is 13.4. The Kier molecular flexibility index (Phi) is 5.54. The second-order valence-electron chi connectivity index (χ2n) is 6.84. The van der Waals surface area contributed by atoms with Gasteiger partial charge in [0.2, 0.25) is 5.75 Å². The molecule has 0 atom stereocenters. The molecule has 6 heteroatoms. The topological polar surface area (TPSA) is 58.9 Å². The average molecular weight is 417 g/mol. The first-order valence-electron chi connectivity index (χ1n) is 9.71. The number of fused-ring (bicyclic) bond motifs is 1. The zero-order chi connectivity index (χ0) is 22.0. The highest BCUT2D eigenvalue weighted by Gasteiger charge is 2.23. The highest BCUT2D eigenvalue weighted by Crippen LogP contribution is 2.46. The summed E-state index contributed by atoms with van der Waals surface area (Å²) in [5.74, 6) is 2.17. The smallest absolute Gasteiger partial charge is 0.256 e. The summed E-state index contributed by atoms with van der Waals surface area (Å²) in [7, 11) is 6.30. The Balaban J connectivity index is 2.20. The van der Waals surface area contributed by atoms with Crippen LogP contribution in [0.1, 0.15) is 0 Å². The molecule has 0 aliphatic carbocycles. The maximum atomic E-state index is 13.4. The molecule has 1 aromatic heterocycles. The largest absolute Gasteiger partial charge is 0.497 e. The van der Waals surface area contributed by atoms with Crippen LogP contribution in [-0.2, 0) is 0 Å². The van der Waals surface area contributed by atoms with E-state index in [4.69, 9.17) is 18.9 Å². The summed E-state index contributed by atoms with van der Waals surface area (Å²) >= 11 is 0. The quantitative estimate of drug-likeness (QED) is 0.455. The van der Waals surface area contributed by atoms with E-state index in [1.54, 1.807) is 45.1 Å². The molecule has 0 saturated carbocycles. The standard InChI is InChI=1S/C25H23NO5/c1-28-19-12-10-18(11-13-19)26-21(27)15-17-14-20(29-2)24(30-3)25(31-4)22(17)23(26)16-8-6-5-7-9-16/h5-15H,1-4H3. The van der Waals surface area contributed by atoms with Gasteiger partial charge in [-0.3, -0.25) is 9.36 Å². The molecule has 0 radical (unpaired) electrons. The van der Waals surface area contributed by atoms with Gasteiger partial charge in [-0.15, -0.1) is 0 Å². The maximum Gasteiger partial charge on any atom is 0.256 e. The molecule has 0 spiro atoms. The summed E-state index contributed by atoms with van der Waals surface area (Å²) in [6.07, 6.45) is 0. The lowest BCUT2D eigenvalue weighted by atomic mass is 10.0. The summed E-state index contributed by atoms with van der Waals surface area (Å²) < 4.78 is 23.8. The zero-order valence-electron chi connectivity index (χ0n) is 17.8. The van der Waals surface area contributed by atoms with Crippen LogP contribution in [0.25, 0.3) is 27.7 Å². The van der Waals surface area contributed by atoms with Gasteiger partial charge in [0.25, 0.3) is 5.56 Å². The molecule has 31 heavy (non-hydrogen) atoms. The Labute approximate surface area is 180 Å². The summed E-state index contributed by atoms with van der Waals surface area (Å²) in [6, 6.07) is 20.5. The van der Waals surface area contributed by atoms with Gasteiger partial charge in [0.15, 0.2) is 11.5 Å². The van der Waals surface area contributed by atoms with E-state index < -0.39 is 0 Å². The Hall–Kier alpha value is -3.93. The fourth-order valence-corrected chi connectivity index (χ4v) is 3.81. The van der Waals surface area contributed by atoms with Gasteiger partial charge in [-0.05, 0) is 41.3 Å². The third-order valence-corrected chi connectivity index (χ3v) is 5.20. The first kappa shape index (κ1) is 20.3. The van der Waals surface area contributed by atoms with Crippen LogP contribution < -0.4 is 24.5 Å². The molecule has 0 fully saturated rings. The van der Waals surface area contributed by atoms with Gasteiger partial charge >= 0.3 is 0 Å². The van der Waals surface area contributed by atoms with Crippen molar-refractivity contribution in [2.45, 2.75) is 0 Å². The SMILES string of the molecule is COc1ccc(-n2c(-c3ccccc3)c3c(OC)c(OC)c(OC)cc3cc2=O)cc1. The molecule has 0 unspecified atom stereocenters. The Morgan fingerprint density at radius 3 is 1.97 bits per heavy atom. The number of methoxy groups -OCH3 is 4. The summed E-state index contributed by atoms with van der Waals surface area (Å²) in [5, 5.41) is 1.45. The van der Waals surface area contributed by atoms with E-state index >= 15 is 0 Å². The Bertz CT molecular complexity index is 1280. The van der Waals surface area contributed by atoms with Crippen molar-refractivity contribution in [2.75, 3.05) is 28.4 Å². The normalized spacial score (nSPS) is 10.7. The van der Waals surface area contributed by atoms with Crippen molar-refractivity contribution in [2.24, 2.45) is 0 Å². The zero-order valence-corrected chi connectivity index (χ0v) is 17.8.